The van der Waals surface area contributed by atoms with E-state index >= 15 is 0 Å². The number of hydrogen-bond donors (Lipinski definition) is 2. The van der Waals surface area contributed by atoms with Crippen molar-refractivity contribution in [1.82, 2.24) is 0 Å². The van der Waals surface area contributed by atoms with E-state index in [9.17, 15) is 10.2 Å². The van der Waals surface area contributed by atoms with Gasteiger partial charge in [0.25, 0.3) is 0 Å². The molecule has 3 aromatic rings. The van der Waals surface area contributed by atoms with Crippen LogP contribution in [0.4, 0.5) is 0 Å². The lowest BCUT2D eigenvalue weighted by atomic mass is 10.2. The Balaban J connectivity index is 1.87. The molecule has 2 N–H and O–H groups in total. The molecule has 21 heavy (non-hydrogen) atoms. The van der Waals surface area contributed by atoms with E-state index < -0.39 is 12.2 Å². The average Bonchev–Trinajstić information content (AvgIpc) is 3.17. The van der Waals surface area contributed by atoms with E-state index in [1.54, 1.807) is 0 Å². The van der Waals surface area contributed by atoms with E-state index in [2.05, 4.69) is 31.9 Å². The average molecular weight is 466 g/mol. The van der Waals surface area contributed by atoms with Crippen LogP contribution < -0.4 is 0 Å². The second-order valence-corrected chi connectivity index (χ2v) is 9.06. The number of halogens is 2. The maximum atomic E-state index is 10.4. The Bertz CT molecular complexity index is 686. The normalized spacial score (nSPS) is 14.3. The smallest absolute Gasteiger partial charge is 0.123 e. The molecule has 0 spiro atoms. The minimum absolute atomic E-state index is 0.655. The Morgan fingerprint density at radius 3 is 1.52 bits per heavy atom. The van der Waals surface area contributed by atoms with E-state index in [-0.39, 0.29) is 0 Å². The fourth-order valence-electron chi connectivity index (χ4n) is 1.92. The summed E-state index contributed by atoms with van der Waals surface area (Å²) in [5, 5.41) is 24.8. The third-order valence-corrected chi connectivity index (χ3v) is 8.01. The van der Waals surface area contributed by atoms with Crippen molar-refractivity contribution < 1.29 is 10.2 Å². The van der Waals surface area contributed by atoms with Gasteiger partial charge in [0.2, 0.25) is 0 Å². The molecular formula is C14H10Br2O2S3. The van der Waals surface area contributed by atoms with Crippen molar-refractivity contribution in [1.29, 1.82) is 0 Å². The molecule has 0 saturated heterocycles. The molecule has 2 nitrogen and oxygen atoms in total. The molecular weight excluding hydrogens is 456 g/mol. The maximum absolute atomic E-state index is 10.4. The van der Waals surface area contributed by atoms with Gasteiger partial charge in [-0.2, -0.15) is 0 Å². The summed E-state index contributed by atoms with van der Waals surface area (Å²) < 4.78 is 1.83. The highest BCUT2D eigenvalue weighted by Gasteiger charge is 2.21. The molecule has 0 bridgehead atoms. The zero-order chi connectivity index (χ0) is 15.0. The molecule has 0 aliphatic carbocycles. The van der Waals surface area contributed by atoms with E-state index in [1.807, 2.05) is 35.0 Å². The molecule has 7 heteroatoms. The lowest BCUT2D eigenvalue weighted by Crippen LogP contribution is -1.95. The predicted octanol–water partition coefficient (Wildman–Crippen LogP) is 5.56. The number of hydrogen-bond acceptors (Lipinski definition) is 5. The van der Waals surface area contributed by atoms with Crippen molar-refractivity contribution in [2.75, 3.05) is 0 Å². The zero-order valence-corrected chi connectivity index (χ0v) is 16.1. The standard InChI is InChI=1S/C14H10Br2O2S3/c15-7-3-5-19-13(7)11(17)9-1-2-10(21-9)12(18)14-8(16)4-6-20-14/h1-6,11-12,17-18H. The first-order valence-electron chi connectivity index (χ1n) is 5.99. The number of thiophene rings is 3. The lowest BCUT2D eigenvalue weighted by Gasteiger charge is -2.08. The third-order valence-electron chi connectivity index (χ3n) is 2.97. The maximum Gasteiger partial charge on any atom is 0.123 e. The molecule has 0 aliphatic heterocycles. The highest BCUT2D eigenvalue weighted by atomic mass is 79.9. The van der Waals surface area contributed by atoms with E-state index in [1.165, 1.54) is 34.0 Å². The van der Waals surface area contributed by atoms with Crippen LogP contribution in [-0.4, -0.2) is 10.2 Å². The summed E-state index contributed by atoms with van der Waals surface area (Å²) in [6, 6.07) is 7.60. The van der Waals surface area contributed by atoms with Gasteiger partial charge < -0.3 is 10.2 Å². The summed E-state index contributed by atoms with van der Waals surface area (Å²) in [7, 11) is 0. The molecule has 3 aromatic heterocycles. The van der Waals surface area contributed by atoms with Gasteiger partial charge in [0.05, 0.1) is 9.75 Å². The first-order chi connectivity index (χ1) is 10.1. The van der Waals surface area contributed by atoms with Crippen LogP contribution in [0.5, 0.6) is 0 Å². The Hall–Kier alpha value is -0.0200. The molecule has 110 valence electrons. The van der Waals surface area contributed by atoms with Gasteiger partial charge in [0.1, 0.15) is 12.2 Å². The van der Waals surface area contributed by atoms with Crippen LogP contribution in [0.15, 0.2) is 44.0 Å². The largest absolute Gasteiger partial charge is 0.382 e. The van der Waals surface area contributed by atoms with E-state index in [4.69, 9.17) is 0 Å². The highest BCUT2D eigenvalue weighted by Crippen LogP contribution is 2.40. The molecule has 0 radical (unpaired) electrons. The summed E-state index contributed by atoms with van der Waals surface area (Å²) in [6.07, 6.45) is -1.31. The molecule has 0 saturated carbocycles. The molecule has 0 amide bonds. The van der Waals surface area contributed by atoms with Crippen molar-refractivity contribution in [3.05, 3.63) is 63.5 Å². The monoisotopic (exact) mass is 464 g/mol. The summed E-state index contributed by atoms with van der Waals surface area (Å²) in [5.74, 6) is 0. The van der Waals surface area contributed by atoms with Crippen LogP contribution >= 0.6 is 65.9 Å². The molecule has 0 aromatic carbocycles. The molecule has 0 aliphatic rings. The molecule has 3 heterocycles. The van der Waals surface area contributed by atoms with Gasteiger partial charge in [0, 0.05) is 18.7 Å². The molecule has 2 atom stereocenters. The second kappa shape index (κ2) is 6.62. The van der Waals surface area contributed by atoms with Gasteiger partial charge in [0.15, 0.2) is 0 Å². The Morgan fingerprint density at radius 1 is 0.762 bits per heavy atom. The summed E-state index contributed by atoms with van der Waals surface area (Å²) >= 11 is 11.3. The number of rotatable bonds is 4. The van der Waals surface area contributed by atoms with Crippen LogP contribution in [0.1, 0.15) is 31.7 Å². The summed E-state index contributed by atoms with van der Waals surface area (Å²) in [6.45, 7) is 0. The quantitative estimate of drug-likeness (QED) is 0.529. The van der Waals surface area contributed by atoms with Crippen LogP contribution in [0.25, 0.3) is 0 Å². The van der Waals surface area contributed by atoms with Gasteiger partial charge in [-0.15, -0.1) is 34.0 Å². The minimum atomic E-state index is -0.655. The molecule has 0 fully saturated rings. The molecule has 3 rings (SSSR count). The topological polar surface area (TPSA) is 40.5 Å². The first kappa shape index (κ1) is 15.9. The van der Waals surface area contributed by atoms with Crippen molar-refractivity contribution >= 4 is 65.9 Å². The fourth-order valence-corrected chi connectivity index (χ4v) is 6.26. The van der Waals surface area contributed by atoms with Crippen LogP contribution in [-0.2, 0) is 0 Å². The Labute approximate surface area is 151 Å². The van der Waals surface area contributed by atoms with Crippen molar-refractivity contribution in [3.8, 4) is 0 Å². The van der Waals surface area contributed by atoms with Crippen LogP contribution in [0.2, 0.25) is 0 Å². The van der Waals surface area contributed by atoms with Gasteiger partial charge in [-0.3, -0.25) is 0 Å². The van der Waals surface area contributed by atoms with Gasteiger partial charge in [-0.25, -0.2) is 0 Å². The third kappa shape index (κ3) is 3.19. The van der Waals surface area contributed by atoms with Crippen LogP contribution in [0, 0.1) is 0 Å². The van der Waals surface area contributed by atoms with Gasteiger partial charge >= 0.3 is 0 Å². The van der Waals surface area contributed by atoms with Gasteiger partial charge in [-0.05, 0) is 66.9 Å². The highest BCUT2D eigenvalue weighted by molar-refractivity contribution is 9.10. The van der Waals surface area contributed by atoms with Crippen molar-refractivity contribution in [3.63, 3.8) is 0 Å². The fraction of sp³-hybridized carbons (Fsp3) is 0.143. The van der Waals surface area contributed by atoms with Crippen molar-refractivity contribution in [2.24, 2.45) is 0 Å². The van der Waals surface area contributed by atoms with E-state index in [0.717, 1.165) is 28.5 Å². The number of aliphatic hydroxyl groups is 2. The first-order valence-corrected chi connectivity index (χ1v) is 10.2. The minimum Gasteiger partial charge on any atom is -0.382 e. The Morgan fingerprint density at radius 2 is 1.19 bits per heavy atom. The Kier molecular flexibility index (Phi) is 5.00. The lowest BCUT2D eigenvalue weighted by molar-refractivity contribution is 0.226. The molecule has 2 unspecified atom stereocenters. The summed E-state index contributed by atoms with van der Waals surface area (Å²) in [4.78, 5) is 3.44. The zero-order valence-electron chi connectivity index (χ0n) is 10.5. The van der Waals surface area contributed by atoms with Gasteiger partial charge in [-0.1, -0.05) is 0 Å². The van der Waals surface area contributed by atoms with E-state index in [0.29, 0.717) is 0 Å². The SMILES string of the molecule is OC(c1ccc(C(O)c2sccc2Br)s1)c1sccc1Br. The second-order valence-electron chi connectivity index (χ2n) is 4.31. The predicted molar refractivity (Wildman–Crippen MR) is 96.5 cm³/mol. The number of aliphatic hydroxyl groups excluding tert-OH is 2. The summed E-state index contributed by atoms with van der Waals surface area (Å²) in [5.41, 5.74) is 0. The van der Waals surface area contributed by atoms with Crippen molar-refractivity contribution in [2.45, 2.75) is 12.2 Å². The van der Waals surface area contributed by atoms with Crippen LogP contribution in [0.3, 0.4) is 0 Å².